The molecule has 1 heterocycles. The molecule has 0 aliphatic rings. The van der Waals surface area contributed by atoms with E-state index < -0.39 is 0 Å². The maximum absolute atomic E-state index is 11.9. The summed E-state index contributed by atoms with van der Waals surface area (Å²) in [6.45, 7) is 0. The van der Waals surface area contributed by atoms with Crippen molar-refractivity contribution in [3.05, 3.63) is 62.9 Å². The van der Waals surface area contributed by atoms with Crippen LogP contribution in [0, 0.1) is 0 Å². The number of halogens is 1. The highest BCUT2D eigenvalue weighted by molar-refractivity contribution is 9.10. The van der Waals surface area contributed by atoms with Gasteiger partial charge in [-0.15, -0.1) is 0 Å². The number of anilines is 1. The number of rotatable bonds is 6. The molecule has 2 aromatic carbocycles. The van der Waals surface area contributed by atoms with Gasteiger partial charge in [-0.1, -0.05) is 15.9 Å². The minimum atomic E-state index is -0.328. The second-order valence-corrected chi connectivity index (χ2v) is 6.54. The molecule has 3 rings (SSSR count). The van der Waals surface area contributed by atoms with Crippen molar-refractivity contribution < 1.29 is 14.6 Å². The Morgan fingerprint density at radius 1 is 1.18 bits per heavy atom. The van der Waals surface area contributed by atoms with Gasteiger partial charge in [-0.05, 0) is 36.4 Å². The summed E-state index contributed by atoms with van der Waals surface area (Å²) < 4.78 is 10.9. The van der Waals surface area contributed by atoms with Gasteiger partial charge in [0.2, 0.25) is 5.95 Å². The Morgan fingerprint density at radius 3 is 2.61 bits per heavy atom. The normalized spacial score (nSPS) is 10.8. The zero-order valence-electron chi connectivity index (χ0n) is 15.1. The van der Waals surface area contributed by atoms with Crippen LogP contribution >= 0.6 is 15.9 Å². The lowest BCUT2D eigenvalue weighted by molar-refractivity contribution is 0.373. The molecule has 0 saturated heterocycles. The predicted octanol–water partition coefficient (Wildman–Crippen LogP) is 3.37. The minimum absolute atomic E-state index is 0.0512. The molecule has 28 heavy (non-hydrogen) atoms. The van der Waals surface area contributed by atoms with Gasteiger partial charge in [0.05, 0.1) is 26.1 Å². The molecule has 0 radical (unpaired) electrons. The summed E-state index contributed by atoms with van der Waals surface area (Å²) in [4.78, 5) is 18.9. The second-order valence-electron chi connectivity index (χ2n) is 5.62. The summed E-state index contributed by atoms with van der Waals surface area (Å²) in [6.07, 6.45) is 1.39. The third-order valence-electron chi connectivity index (χ3n) is 3.79. The van der Waals surface area contributed by atoms with Crippen LogP contribution in [0.3, 0.4) is 0 Å². The van der Waals surface area contributed by atoms with E-state index >= 15 is 0 Å². The van der Waals surface area contributed by atoms with E-state index in [9.17, 15) is 9.90 Å². The van der Waals surface area contributed by atoms with Crippen LogP contribution in [-0.2, 0) is 0 Å². The van der Waals surface area contributed by atoms with E-state index in [4.69, 9.17) is 9.47 Å². The Morgan fingerprint density at radius 2 is 1.93 bits per heavy atom. The fourth-order valence-corrected chi connectivity index (χ4v) is 2.89. The van der Waals surface area contributed by atoms with Crippen molar-refractivity contribution in [1.82, 2.24) is 9.97 Å². The van der Waals surface area contributed by atoms with Crippen molar-refractivity contribution in [1.29, 1.82) is 0 Å². The highest BCUT2D eigenvalue weighted by atomic mass is 79.9. The van der Waals surface area contributed by atoms with Gasteiger partial charge in [0.15, 0.2) is 11.5 Å². The Balaban J connectivity index is 1.83. The third-order valence-corrected chi connectivity index (χ3v) is 4.25. The van der Waals surface area contributed by atoms with E-state index in [2.05, 4.69) is 36.4 Å². The van der Waals surface area contributed by atoms with E-state index in [1.54, 1.807) is 43.5 Å². The van der Waals surface area contributed by atoms with Gasteiger partial charge in [0.25, 0.3) is 5.56 Å². The number of ether oxygens (including phenoxy) is 2. The molecule has 3 N–H and O–H groups in total. The molecule has 0 saturated carbocycles. The Labute approximate surface area is 169 Å². The van der Waals surface area contributed by atoms with Crippen LogP contribution in [0.2, 0.25) is 0 Å². The van der Waals surface area contributed by atoms with E-state index in [0.29, 0.717) is 22.8 Å². The van der Waals surface area contributed by atoms with Crippen LogP contribution in [0.1, 0.15) is 5.56 Å². The Hall–Kier alpha value is -3.33. The molecule has 0 bridgehead atoms. The molecule has 0 aliphatic heterocycles. The van der Waals surface area contributed by atoms with Crippen LogP contribution in [0.15, 0.2) is 56.8 Å². The minimum Gasteiger partial charge on any atom is -0.504 e. The first-order chi connectivity index (χ1) is 13.5. The number of hydrogen-bond acceptors (Lipinski definition) is 7. The number of methoxy groups -OCH3 is 2. The molecule has 0 unspecified atom stereocenters. The standard InChI is InChI=1S/C19H17BrN4O4/c1-27-14-5-3-11(4-6-14)15-9-17(25)23-19(22-15)24-21-10-12-7-13(20)8-16(28-2)18(12)26/h3-10,26H,1-2H3,(H2,22,23,24,25)/b21-10-. The summed E-state index contributed by atoms with van der Waals surface area (Å²) in [6, 6.07) is 11.9. The number of phenols is 1. The van der Waals surface area contributed by atoms with Gasteiger partial charge < -0.3 is 14.6 Å². The molecule has 0 spiro atoms. The number of nitrogens with zero attached hydrogens (tertiary/aromatic N) is 2. The van der Waals surface area contributed by atoms with Crippen molar-refractivity contribution >= 4 is 28.1 Å². The first kappa shape index (κ1) is 19.4. The van der Waals surface area contributed by atoms with Crippen LogP contribution in [0.25, 0.3) is 11.3 Å². The highest BCUT2D eigenvalue weighted by Gasteiger charge is 2.08. The number of H-pyrrole nitrogens is 1. The van der Waals surface area contributed by atoms with Gasteiger partial charge in [-0.3, -0.25) is 9.78 Å². The quantitative estimate of drug-likeness (QED) is 0.397. The summed E-state index contributed by atoms with van der Waals surface area (Å²) in [5.74, 6) is 1.13. The third kappa shape index (κ3) is 4.49. The average Bonchev–Trinajstić information content (AvgIpc) is 2.70. The molecule has 144 valence electrons. The fourth-order valence-electron chi connectivity index (χ4n) is 2.43. The number of nitrogens with one attached hydrogen (secondary N) is 2. The van der Waals surface area contributed by atoms with Crippen LogP contribution in [0.5, 0.6) is 17.2 Å². The Bertz CT molecular complexity index is 1060. The average molecular weight is 445 g/mol. The van der Waals surface area contributed by atoms with Crippen molar-refractivity contribution in [2.75, 3.05) is 19.6 Å². The maximum Gasteiger partial charge on any atom is 0.252 e. The lowest BCUT2D eigenvalue weighted by atomic mass is 10.1. The van der Waals surface area contributed by atoms with Crippen LogP contribution < -0.4 is 20.5 Å². The first-order valence-corrected chi connectivity index (χ1v) is 8.91. The molecular formula is C19H17BrN4O4. The lowest BCUT2D eigenvalue weighted by Gasteiger charge is -2.07. The first-order valence-electron chi connectivity index (χ1n) is 8.11. The molecule has 9 heteroatoms. The summed E-state index contributed by atoms with van der Waals surface area (Å²) >= 11 is 3.34. The van der Waals surface area contributed by atoms with Gasteiger partial charge in [-0.25, -0.2) is 10.4 Å². The zero-order valence-corrected chi connectivity index (χ0v) is 16.6. The van der Waals surface area contributed by atoms with E-state index in [-0.39, 0.29) is 17.3 Å². The van der Waals surface area contributed by atoms with E-state index in [0.717, 1.165) is 10.0 Å². The van der Waals surface area contributed by atoms with Crippen molar-refractivity contribution in [3.63, 3.8) is 0 Å². The number of benzene rings is 2. The highest BCUT2D eigenvalue weighted by Crippen LogP contribution is 2.32. The SMILES string of the molecule is COc1ccc(-c2cc(=O)[nH]c(N/N=C\c3cc(Br)cc(OC)c3O)n2)cc1. The fraction of sp³-hybridized carbons (Fsp3) is 0.105. The van der Waals surface area contributed by atoms with Crippen LogP contribution in [0.4, 0.5) is 5.95 Å². The summed E-state index contributed by atoms with van der Waals surface area (Å²) in [5, 5.41) is 14.2. The summed E-state index contributed by atoms with van der Waals surface area (Å²) in [7, 11) is 3.04. The number of hydrazone groups is 1. The van der Waals surface area contributed by atoms with E-state index in [1.807, 2.05) is 0 Å². The van der Waals surface area contributed by atoms with Gasteiger partial charge in [-0.2, -0.15) is 5.10 Å². The molecule has 0 atom stereocenters. The molecule has 0 aliphatic carbocycles. The lowest BCUT2D eigenvalue weighted by Crippen LogP contribution is -2.10. The molecular weight excluding hydrogens is 428 g/mol. The van der Waals surface area contributed by atoms with Gasteiger partial charge in [0, 0.05) is 21.7 Å². The maximum atomic E-state index is 11.9. The van der Waals surface area contributed by atoms with Crippen LogP contribution in [-0.4, -0.2) is 35.5 Å². The van der Waals surface area contributed by atoms with Crippen molar-refractivity contribution in [3.8, 4) is 28.5 Å². The van der Waals surface area contributed by atoms with Gasteiger partial charge in [0.1, 0.15) is 5.75 Å². The van der Waals surface area contributed by atoms with E-state index in [1.165, 1.54) is 19.4 Å². The van der Waals surface area contributed by atoms with Crippen molar-refractivity contribution in [2.45, 2.75) is 0 Å². The number of aromatic amines is 1. The number of hydrogen-bond donors (Lipinski definition) is 3. The Kier molecular flexibility index (Phi) is 5.95. The second kappa shape index (κ2) is 8.57. The smallest absolute Gasteiger partial charge is 0.252 e. The number of aromatic nitrogens is 2. The molecule has 0 fully saturated rings. The van der Waals surface area contributed by atoms with Crippen molar-refractivity contribution in [2.24, 2.45) is 5.10 Å². The number of aromatic hydroxyl groups is 1. The predicted molar refractivity (Wildman–Crippen MR) is 110 cm³/mol. The summed E-state index contributed by atoms with van der Waals surface area (Å²) in [5.41, 5.74) is 4.00. The topological polar surface area (TPSA) is 109 Å². The molecule has 8 nitrogen and oxygen atoms in total. The molecule has 1 aromatic heterocycles. The molecule has 0 amide bonds. The monoisotopic (exact) mass is 444 g/mol. The number of phenolic OH excluding ortho intramolecular Hbond substituents is 1. The largest absolute Gasteiger partial charge is 0.504 e. The molecule has 3 aromatic rings. The van der Waals surface area contributed by atoms with Gasteiger partial charge >= 0.3 is 0 Å². The zero-order chi connectivity index (χ0) is 20.1.